The van der Waals surface area contributed by atoms with Crippen LogP contribution in [0.1, 0.15) is 42.9 Å². The van der Waals surface area contributed by atoms with Crippen LogP contribution >= 0.6 is 0 Å². The van der Waals surface area contributed by atoms with Crippen LogP contribution in [0.4, 0.5) is 0 Å². The third-order valence-corrected chi connectivity index (χ3v) is 10.1. The lowest BCUT2D eigenvalue weighted by Crippen LogP contribution is -2.65. The number of phenolic OH excluding ortho intramolecular Hbond substituents is 1. The summed E-state index contributed by atoms with van der Waals surface area (Å²) in [5.41, 5.74) is 4.84. The lowest BCUT2D eigenvalue weighted by molar-refractivity contribution is -0.153. The van der Waals surface area contributed by atoms with E-state index >= 15 is 0 Å². The second kappa shape index (κ2) is 12.3. The number of phenols is 1. The number of aromatic hydroxyl groups is 1. The van der Waals surface area contributed by atoms with Crippen molar-refractivity contribution in [2.24, 2.45) is 17.6 Å². The predicted octanol–water partition coefficient (Wildman–Crippen LogP) is 3.24. The lowest BCUT2D eigenvalue weighted by atomic mass is 9.57. The fourth-order valence-electron chi connectivity index (χ4n) is 7.95. The van der Waals surface area contributed by atoms with Crippen LogP contribution in [0.15, 0.2) is 65.4 Å². The van der Waals surface area contributed by atoms with E-state index in [1.165, 1.54) is 11.0 Å². The molecule has 11 nitrogen and oxygen atoms in total. The summed E-state index contributed by atoms with van der Waals surface area (Å²) in [6.45, 7) is 2.72. The lowest BCUT2D eigenvalue weighted by Gasteiger charge is -2.50. The van der Waals surface area contributed by atoms with Gasteiger partial charge in [0.2, 0.25) is 5.78 Å². The fraction of sp³-hybridized carbons (Fsp3) is 0.351. The third-order valence-electron chi connectivity index (χ3n) is 10.1. The highest BCUT2D eigenvalue weighted by Gasteiger charge is 2.64. The van der Waals surface area contributed by atoms with E-state index in [4.69, 9.17) is 5.73 Å². The summed E-state index contributed by atoms with van der Waals surface area (Å²) < 4.78 is 0. The van der Waals surface area contributed by atoms with Gasteiger partial charge >= 0.3 is 0 Å². The highest BCUT2D eigenvalue weighted by Crippen LogP contribution is 2.54. The van der Waals surface area contributed by atoms with Crippen molar-refractivity contribution in [2.75, 3.05) is 20.6 Å². The predicted molar refractivity (Wildman–Crippen MR) is 179 cm³/mol. The molecule has 48 heavy (non-hydrogen) atoms. The van der Waals surface area contributed by atoms with Gasteiger partial charge in [-0.25, -0.2) is 0 Å². The van der Waals surface area contributed by atoms with Gasteiger partial charge in [0.1, 0.15) is 28.6 Å². The Morgan fingerprint density at radius 2 is 1.69 bits per heavy atom. The highest BCUT2D eigenvalue weighted by molar-refractivity contribution is 6.24. The first-order valence-corrected chi connectivity index (χ1v) is 16.1. The van der Waals surface area contributed by atoms with Crippen molar-refractivity contribution in [3.8, 4) is 16.9 Å². The molecule has 0 unspecified atom stereocenters. The summed E-state index contributed by atoms with van der Waals surface area (Å²) in [4.78, 5) is 53.4. The third kappa shape index (κ3) is 5.01. The van der Waals surface area contributed by atoms with E-state index in [0.29, 0.717) is 18.5 Å². The van der Waals surface area contributed by atoms with E-state index in [-0.39, 0.29) is 42.1 Å². The van der Waals surface area contributed by atoms with Crippen molar-refractivity contribution < 1.29 is 39.6 Å². The van der Waals surface area contributed by atoms with Gasteiger partial charge in [0.05, 0.1) is 18.2 Å². The minimum atomic E-state index is -2.70. The molecule has 1 amide bonds. The van der Waals surface area contributed by atoms with Gasteiger partial charge in [0, 0.05) is 24.5 Å². The standard InChI is InChI=1S/C37H39N3O8/c1-4-7-20(41)17-39-16-18-10-11-23(22-9-6-5-8-21(18)22)24-12-13-27(42)29-25(24)14-19-15-26-31(40(2)3)33(44)30(36(38)47)35(46)37(26,48)34(45)28(19)32(29)43/h5-6,8-13,19,26,31,39,42-43,46,48H,4,7,14-17H2,1-3H3,(H2,38,47)/t19-,26-,31-,37-/m0/s1. The molecule has 0 heterocycles. The number of aliphatic hydroxyl groups excluding tert-OH is 2. The number of primary amides is 1. The van der Waals surface area contributed by atoms with Crippen LogP contribution in [-0.4, -0.2) is 80.9 Å². The summed E-state index contributed by atoms with van der Waals surface area (Å²) in [5, 5.41) is 50.8. The zero-order valence-corrected chi connectivity index (χ0v) is 27.0. The molecule has 0 spiro atoms. The number of hydrogen-bond donors (Lipinski definition) is 6. The molecule has 3 aromatic rings. The summed E-state index contributed by atoms with van der Waals surface area (Å²) in [6.07, 6.45) is 1.49. The minimum absolute atomic E-state index is 0.00294. The summed E-state index contributed by atoms with van der Waals surface area (Å²) >= 11 is 0. The van der Waals surface area contributed by atoms with Crippen LogP contribution in [0, 0.1) is 11.8 Å². The van der Waals surface area contributed by atoms with Crippen LogP contribution in [0.25, 0.3) is 27.7 Å². The van der Waals surface area contributed by atoms with E-state index in [1.807, 2.05) is 43.3 Å². The molecule has 4 atom stereocenters. The Labute approximate surface area is 277 Å². The number of fused-ring (bicyclic) bond motifs is 4. The molecule has 1 fully saturated rings. The zero-order valence-electron chi connectivity index (χ0n) is 27.0. The van der Waals surface area contributed by atoms with Crippen LogP contribution in [0.3, 0.4) is 0 Å². The maximum Gasteiger partial charge on any atom is 0.255 e. The normalized spacial score (nSPS) is 23.7. The van der Waals surface area contributed by atoms with Crippen molar-refractivity contribution in [1.29, 1.82) is 0 Å². The van der Waals surface area contributed by atoms with Gasteiger partial charge in [-0.2, -0.15) is 0 Å². The topological polar surface area (TPSA) is 190 Å². The second-order valence-electron chi connectivity index (χ2n) is 13.2. The number of ketones is 3. The summed E-state index contributed by atoms with van der Waals surface area (Å²) in [7, 11) is 3.13. The number of carbonyl (C=O) groups excluding carboxylic acids is 4. The number of hydrogen-bond acceptors (Lipinski definition) is 10. The van der Waals surface area contributed by atoms with Gasteiger partial charge < -0.3 is 31.5 Å². The SMILES string of the molecule is CCCC(=O)CNCc1ccc(-c2ccc(O)c3c2C[C@H]2C[C@H]4[C@H](N(C)C)C(=O)C(C(N)=O)=C(O)[C@@]4(O)C(=O)C2=C3O)c2ccccc12. The maximum atomic E-state index is 14.2. The first kappa shape index (κ1) is 33.1. The van der Waals surface area contributed by atoms with Gasteiger partial charge in [0.15, 0.2) is 11.4 Å². The largest absolute Gasteiger partial charge is 0.508 e. The molecule has 0 radical (unpaired) electrons. The van der Waals surface area contributed by atoms with Crippen molar-refractivity contribution >= 4 is 39.8 Å². The molecule has 11 heteroatoms. The number of nitrogens with two attached hydrogens (primary N) is 1. The van der Waals surface area contributed by atoms with Crippen LogP contribution in [-0.2, 0) is 32.1 Å². The van der Waals surface area contributed by atoms with Crippen molar-refractivity contribution in [2.45, 2.75) is 50.8 Å². The van der Waals surface area contributed by atoms with E-state index in [1.54, 1.807) is 20.2 Å². The molecular weight excluding hydrogens is 614 g/mol. The van der Waals surface area contributed by atoms with Crippen LogP contribution in [0.5, 0.6) is 5.75 Å². The van der Waals surface area contributed by atoms with E-state index in [2.05, 4.69) is 5.32 Å². The van der Waals surface area contributed by atoms with Crippen molar-refractivity contribution in [1.82, 2.24) is 10.2 Å². The number of likely N-dealkylation sites (N-methyl/N-ethyl adjacent to an activating group) is 1. The number of nitrogens with one attached hydrogen (secondary N) is 1. The number of benzene rings is 3. The Kier molecular flexibility index (Phi) is 8.49. The molecule has 250 valence electrons. The molecule has 0 saturated heterocycles. The first-order valence-electron chi connectivity index (χ1n) is 16.1. The van der Waals surface area contributed by atoms with E-state index < -0.39 is 58.0 Å². The molecule has 0 aromatic heterocycles. The Bertz CT molecular complexity index is 1960. The van der Waals surface area contributed by atoms with Gasteiger partial charge in [-0.1, -0.05) is 49.4 Å². The van der Waals surface area contributed by atoms with Gasteiger partial charge in [-0.05, 0) is 78.4 Å². The van der Waals surface area contributed by atoms with Crippen LogP contribution < -0.4 is 11.1 Å². The van der Waals surface area contributed by atoms with Crippen LogP contribution in [0.2, 0.25) is 0 Å². The number of nitrogens with zero attached hydrogens (tertiary/aromatic N) is 1. The molecule has 1 saturated carbocycles. The number of aliphatic hydroxyl groups is 3. The maximum absolute atomic E-state index is 14.2. The number of amides is 1. The van der Waals surface area contributed by atoms with E-state index in [9.17, 15) is 39.6 Å². The Morgan fingerprint density at radius 1 is 1.00 bits per heavy atom. The Hall–Kier alpha value is -4.84. The minimum Gasteiger partial charge on any atom is -0.508 e. The average Bonchev–Trinajstić information content (AvgIpc) is 3.03. The highest BCUT2D eigenvalue weighted by atomic mass is 16.3. The monoisotopic (exact) mass is 653 g/mol. The molecule has 3 aliphatic carbocycles. The molecule has 0 aliphatic heterocycles. The number of Topliss-reactive ketones (excluding diaryl/α,β-unsaturated/α-hetero) is 3. The fourth-order valence-corrected chi connectivity index (χ4v) is 7.95. The Morgan fingerprint density at radius 3 is 2.35 bits per heavy atom. The number of carbonyl (C=O) groups is 4. The first-order chi connectivity index (χ1) is 22.8. The second-order valence-corrected chi connectivity index (χ2v) is 13.2. The van der Waals surface area contributed by atoms with Gasteiger partial charge in [-0.3, -0.25) is 24.1 Å². The van der Waals surface area contributed by atoms with Crippen molar-refractivity contribution in [3.05, 3.63) is 82.1 Å². The molecule has 3 aromatic carbocycles. The van der Waals surface area contributed by atoms with Gasteiger partial charge in [0.25, 0.3) is 5.91 Å². The van der Waals surface area contributed by atoms with Crippen molar-refractivity contribution in [3.63, 3.8) is 0 Å². The smallest absolute Gasteiger partial charge is 0.255 e. The molecule has 0 bridgehead atoms. The summed E-state index contributed by atoms with van der Waals surface area (Å²) in [5.74, 6) is -6.75. The van der Waals surface area contributed by atoms with Gasteiger partial charge in [-0.15, -0.1) is 0 Å². The Balaban J connectivity index is 1.47. The average molecular weight is 654 g/mol. The molecule has 3 aliphatic rings. The molecule has 7 N–H and O–H groups in total. The number of rotatable bonds is 9. The van der Waals surface area contributed by atoms with E-state index in [0.717, 1.165) is 33.9 Å². The molecular formula is C37H39N3O8. The quantitative estimate of drug-likeness (QED) is 0.187. The molecule has 6 rings (SSSR count). The summed E-state index contributed by atoms with van der Waals surface area (Å²) in [6, 6.07) is 13.8. The zero-order chi connectivity index (χ0) is 34.7.